The third-order valence-electron chi connectivity index (χ3n) is 6.10. The lowest BCUT2D eigenvalue weighted by Gasteiger charge is -2.26. The number of nitrogens with one attached hydrogen (secondary N) is 1. The van der Waals surface area contributed by atoms with Gasteiger partial charge in [0.2, 0.25) is 0 Å². The zero-order chi connectivity index (χ0) is 22.4. The van der Waals surface area contributed by atoms with E-state index in [-0.39, 0.29) is 11.8 Å². The number of halogens is 2. The van der Waals surface area contributed by atoms with Crippen molar-refractivity contribution in [3.63, 3.8) is 0 Å². The molecule has 3 N–H and O–H groups in total. The van der Waals surface area contributed by atoms with E-state index in [9.17, 15) is 9.59 Å². The normalized spacial score (nSPS) is 19.2. The van der Waals surface area contributed by atoms with Crippen molar-refractivity contribution in [3.8, 4) is 0 Å². The highest BCUT2D eigenvalue weighted by atomic mass is 35.5. The van der Waals surface area contributed by atoms with E-state index in [1.54, 1.807) is 23.1 Å². The lowest BCUT2D eigenvalue weighted by atomic mass is 9.89. The van der Waals surface area contributed by atoms with E-state index in [1.165, 1.54) is 0 Å². The van der Waals surface area contributed by atoms with Gasteiger partial charge in [-0.05, 0) is 48.4 Å². The van der Waals surface area contributed by atoms with Crippen LogP contribution in [0.2, 0.25) is 0 Å². The SMILES string of the molecule is NC(=O)c1cc(C2CC=C(Cl)C=C2Cl)cc2c1[nH]c1ccc(C(=O)N3CCOCC3)cc12. The fourth-order valence-corrected chi connectivity index (χ4v) is 5.02. The summed E-state index contributed by atoms with van der Waals surface area (Å²) in [5.74, 6) is -0.684. The number of morpholine rings is 1. The van der Waals surface area contributed by atoms with Gasteiger partial charge >= 0.3 is 0 Å². The maximum atomic E-state index is 13.0. The van der Waals surface area contributed by atoms with Crippen LogP contribution in [0, 0.1) is 0 Å². The summed E-state index contributed by atoms with van der Waals surface area (Å²) >= 11 is 12.6. The highest BCUT2D eigenvalue weighted by Crippen LogP contribution is 2.39. The summed E-state index contributed by atoms with van der Waals surface area (Å²) in [4.78, 5) is 30.4. The second-order valence-electron chi connectivity index (χ2n) is 8.05. The Bertz CT molecular complexity index is 1320. The molecule has 5 rings (SSSR count). The molecular weight excluding hydrogens is 449 g/mol. The number of nitrogens with zero attached hydrogens (tertiary/aromatic N) is 1. The standard InChI is InChI=1S/C24H21Cl2N3O3/c25-15-2-3-16(20(26)12-15)14-10-18-17-9-13(24(31)29-5-7-32-8-6-29)1-4-21(17)28-22(18)19(11-14)23(27)30/h1-2,4,9-12,16,28H,3,5-8H2,(H2,27,30). The Hall–Kier alpha value is -2.80. The molecule has 1 atom stereocenters. The minimum absolute atomic E-state index is 0.0335. The van der Waals surface area contributed by atoms with Crippen LogP contribution in [0.4, 0.5) is 0 Å². The first kappa shape index (κ1) is 21.1. The van der Waals surface area contributed by atoms with Crippen LogP contribution in [0.1, 0.15) is 38.6 Å². The summed E-state index contributed by atoms with van der Waals surface area (Å²) in [6, 6.07) is 9.33. The van der Waals surface area contributed by atoms with Crippen LogP contribution in [0.5, 0.6) is 0 Å². The van der Waals surface area contributed by atoms with Gasteiger partial charge in [0, 0.05) is 50.9 Å². The van der Waals surface area contributed by atoms with Crippen LogP contribution in [-0.4, -0.2) is 48.0 Å². The van der Waals surface area contributed by atoms with Crippen LogP contribution >= 0.6 is 23.2 Å². The molecule has 2 amide bonds. The van der Waals surface area contributed by atoms with Crippen molar-refractivity contribution < 1.29 is 14.3 Å². The summed E-state index contributed by atoms with van der Waals surface area (Å²) in [6.45, 7) is 2.23. The van der Waals surface area contributed by atoms with Crippen molar-refractivity contribution in [2.45, 2.75) is 12.3 Å². The lowest BCUT2D eigenvalue weighted by Crippen LogP contribution is -2.40. The van der Waals surface area contributed by atoms with Crippen LogP contribution < -0.4 is 5.73 Å². The van der Waals surface area contributed by atoms with E-state index in [1.807, 2.05) is 24.3 Å². The van der Waals surface area contributed by atoms with Crippen molar-refractivity contribution in [1.82, 2.24) is 9.88 Å². The number of nitrogens with two attached hydrogens (primary N) is 1. The molecule has 1 unspecified atom stereocenters. The van der Waals surface area contributed by atoms with Gasteiger partial charge in [-0.2, -0.15) is 0 Å². The summed E-state index contributed by atoms with van der Waals surface area (Å²) in [6.07, 6.45) is 4.25. The van der Waals surface area contributed by atoms with E-state index in [0.717, 1.165) is 21.9 Å². The van der Waals surface area contributed by atoms with Crippen molar-refractivity contribution in [1.29, 1.82) is 0 Å². The number of H-pyrrole nitrogens is 1. The van der Waals surface area contributed by atoms with Crippen molar-refractivity contribution in [2.24, 2.45) is 5.73 Å². The van der Waals surface area contributed by atoms with Gasteiger partial charge in [-0.25, -0.2) is 0 Å². The number of rotatable bonds is 3. The van der Waals surface area contributed by atoms with E-state index in [4.69, 9.17) is 33.7 Å². The summed E-state index contributed by atoms with van der Waals surface area (Å²) in [7, 11) is 0. The first-order valence-corrected chi connectivity index (χ1v) is 11.2. The van der Waals surface area contributed by atoms with Gasteiger partial charge < -0.3 is 20.4 Å². The molecule has 2 aromatic carbocycles. The molecular formula is C24H21Cl2N3O3. The highest BCUT2D eigenvalue weighted by molar-refractivity contribution is 6.35. The molecule has 3 aromatic rings. The third-order valence-corrected chi connectivity index (χ3v) is 6.74. The molecule has 1 saturated heterocycles. The lowest BCUT2D eigenvalue weighted by molar-refractivity contribution is 0.0303. The van der Waals surface area contributed by atoms with Crippen LogP contribution in [0.25, 0.3) is 21.8 Å². The highest BCUT2D eigenvalue weighted by Gasteiger charge is 2.23. The number of benzene rings is 2. The number of fused-ring (bicyclic) bond motifs is 3. The number of carbonyl (C=O) groups excluding carboxylic acids is 2. The fourth-order valence-electron chi connectivity index (χ4n) is 4.43. The number of hydrogen-bond acceptors (Lipinski definition) is 3. The minimum Gasteiger partial charge on any atom is -0.378 e. The number of aromatic amines is 1. The number of allylic oxidation sites excluding steroid dienone is 4. The smallest absolute Gasteiger partial charge is 0.254 e. The first-order chi connectivity index (χ1) is 15.4. The van der Waals surface area contributed by atoms with Gasteiger partial charge in [0.05, 0.1) is 24.3 Å². The fraction of sp³-hybridized carbons (Fsp3) is 0.250. The van der Waals surface area contributed by atoms with Crippen LogP contribution in [-0.2, 0) is 4.74 Å². The molecule has 8 heteroatoms. The molecule has 0 spiro atoms. The predicted molar refractivity (Wildman–Crippen MR) is 126 cm³/mol. The van der Waals surface area contributed by atoms with Crippen molar-refractivity contribution in [3.05, 3.63) is 69.2 Å². The van der Waals surface area contributed by atoms with E-state index < -0.39 is 5.91 Å². The summed E-state index contributed by atoms with van der Waals surface area (Å²) in [5, 5.41) is 2.89. The molecule has 0 radical (unpaired) electrons. The Kier molecular flexibility index (Phi) is 5.45. The summed E-state index contributed by atoms with van der Waals surface area (Å²) in [5.41, 5.74) is 9.05. The average Bonchev–Trinajstić information content (AvgIpc) is 3.16. The minimum atomic E-state index is -0.530. The van der Waals surface area contributed by atoms with Gasteiger partial charge in [-0.3, -0.25) is 9.59 Å². The molecule has 164 valence electrons. The van der Waals surface area contributed by atoms with E-state index >= 15 is 0 Å². The van der Waals surface area contributed by atoms with E-state index in [2.05, 4.69) is 4.98 Å². The molecule has 2 heterocycles. The Labute approximate surface area is 194 Å². The van der Waals surface area contributed by atoms with E-state index in [0.29, 0.717) is 59.4 Å². The Morgan fingerprint density at radius 1 is 1.09 bits per heavy atom. The zero-order valence-electron chi connectivity index (χ0n) is 17.2. The molecule has 1 aromatic heterocycles. The van der Waals surface area contributed by atoms with Crippen molar-refractivity contribution in [2.75, 3.05) is 26.3 Å². The van der Waals surface area contributed by atoms with Gasteiger partial charge in [-0.1, -0.05) is 29.3 Å². The third kappa shape index (κ3) is 3.68. The number of carbonyl (C=O) groups is 2. The second-order valence-corrected chi connectivity index (χ2v) is 8.92. The largest absolute Gasteiger partial charge is 0.378 e. The first-order valence-electron chi connectivity index (χ1n) is 10.4. The molecule has 6 nitrogen and oxygen atoms in total. The molecule has 0 bridgehead atoms. The topological polar surface area (TPSA) is 88.4 Å². The Morgan fingerprint density at radius 3 is 2.59 bits per heavy atom. The van der Waals surface area contributed by atoms with Gasteiger partial charge in [0.1, 0.15) is 0 Å². The Morgan fingerprint density at radius 2 is 1.88 bits per heavy atom. The van der Waals surface area contributed by atoms with Gasteiger partial charge in [0.15, 0.2) is 0 Å². The van der Waals surface area contributed by atoms with Gasteiger partial charge in [0.25, 0.3) is 11.8 Å². The molecule has 0 saturated carbocycles. The number of hydrogen-bond donors (Lipinski definition) is 2. The number of aromatic nitrogens is 1. The summed E-state index contributed by atoms with van der Waals surface area (Å²) < 4.78 is 5.35. The number of amides is 2. The van der Waals surface area contributed by atoms with Gasteiger partial charge in [-0.15, -0.1) is 0 Å². The maximum Gasteiger partial charge on any atom is 0.254 e. The maximum absolute atomic E-state index is 13.0. The number of ether oxygens (including phenoxy) is 1. The predicted octanol–water partition coefficient (Wildman–Crippen LogP) is 4.63. The zero-order valence-corrected chi connectivity index (χ0v) is 18.7. The average molecular weight is 470 g/mol. The molecule has 1 aliphatic heterocycles. The molecule has 1 fully saturated rings. The molecule has 2 aliphatic rings. The Balaban J connectivity index is 1.65. The van der Waals surface area contributed by atoms with Crippen LogP contribution in [0.15, 0.2) is 52.5 Å². The number of primary amides is 1. The monoisotopic (exact) mass is 469 g/mol. The quantitative estimate of drug-likeness (QED) is 0.586. The van der Waals surface area contributed by atoms with Crippen molar-refractivity contribution >= 4 is 56.8 Å². The molecule has 1 aliphatic carbocycles. The molecule has 32 heavy (non-hydrogen) atoms. The van der Waals surface area contributed by atoms with Crippen LogP contribution in [0.3, 0.4) is 0 Å². The second kappa shape index (κ2) is 8.28.